The van der Waals surface area contributed by atoms with Gasteiger partial charge in [-0.1, -0.05) is 18.2 Å². The predicted octanol–water partition coefficient (Wildman–Crippen LogP) is 1.91. The van der Waals surface area contributed by atoms with Gasteiger partial charge in [0.05, 0.1) is 0 Å². The van der Waals surface area contributed by atoms with Crippen LogP contribution in [0.4, 0.5) is 17.5 Å². The zero-order valence-electron chi connectivity index (χ0n) is 9.83. The number of hydrogen-bond donors (Lipinski definition) is 2. The molecule has 0 spiro atoms. The molecule has 0 atom stereocenters. The molecule has 0 saturated carbocycles. The van der Waals surface area contributed by atoms with E-state index in [1.165, 1.54) is 0 Å². The molecule has 1 aromatic carbocycles. The fourth-order valence-corrected chi connectivity index (χ4v) is 1.74. The van der Waals surface area contributed by atoms with Gasteiger partial charge >= 0.3 is 0 Å². The van der Waals surface area contributed by atoms with Crippen LogP contribution in [-0.2, 0) is 0 Å². The molecule has 2 N–H and O–H groups in total. The maximum absolute atomic E-state index is 4.29. The summed E-state index contributed by atoms with van der Waals surface area (Å²) in [5.41, 5.74) is 1.65. The highest BCUT2D eigenvalue weighted by Crippen LogP contribution is 2.19. The highest BCUT2D eigenvalue weighted by atomic mass is 15.3. The fraction of sp³-hybridized carbons (Fsp3) is 0.0833. The third-order valence-corrected chi connectivity index (χ3v) is 2.59. The minimum atomic E-state index is 0.678. The van der Waals surface area contributed by atoms with Crippen LogP contribution in [0.25, 0.3) is 5.65 Å². The van der Waals surface area contributed by atoms with Gasteiger partial charge in [0, 0.05) is 25.1 Å². The number of rotatable bonds is 3. The molecule has 0 unspecified atom stereocenters. The van der Waals surface area contributed by atoms with Crippen LogP contribution < -0.4 is 10.6 Å². The number of nitrogens with one attached hydrogen (secondary N) is 2. The van der Waals surface area contributed by atoms with Crippen LogP contribution in [0.3, 0.4) is 0 Å². The van der Waals surface area contributed by atoms with Crippen LogP contribution in [0.5, 0.6) is 0 Å². The maximum Gasteiger partial charge on any atom is 0.228 e. The molecule has 2 heterocycles. The number of nitrogens with zero attached hydrogens (tertiary/aromatic N) is 4. The molecule has 0 bridgehead atoms. The summed E-state index contributed by atoms with van der Waals surface area (Å²) in [7, 11) is 1.81. The van der Waals surface area contributed by atoms with Gasteiger partial charge < -0.3 is 10.6 Å². The van der Waals surface area contributed by atoms with Crippen LogP contribution in [0.15, 0.2) is 42.7 Å². The minimum absolute atomic E-state index is 0.678. The van der Waals surface area contributed by atoms with Crippen molar-refractivity contribution < 1.29 is 0 Å². The molecule has 0 aliphatic heterocycles. The second-order valence-corrected chi connectivity index (χ2v) is 3.73. The van der Waals surface area contributed by atoms with E-state index >= 15 is 0 Å². The Labute approximate surface area is 104 Å². The molecule has 6 heteroatoms. The molecular formula is C12H12N6. The van der Waals surface area contributed by atoms with Crippen molar-refractivity contribution in [3.05, 3.63) is 42.7 Å². The van der Waals surface area contributed by atoms with Gasteiger partial charge in [0.1, 0.15) is 0 Å². The lowest BCUT2D eigenvalue weighted by molar-refractivity contribution is 1.09. The SMILES string of the molecule is CNc1nnc2c(Nc3ccccc3)nccn12. The van der Waals surface area contributed by atoms with Crippen LogP contribution in [-0.4, -0.2) is 26.6 Å². The van der Waals surface area contributed by atoms with E-state index in [0.717, 1.165) is 5.69 Å². The van der Waals surface area contributed by atoms with E-state index < -0.39 is 0 Å². The molecule has 2 aromatic heterocycles. The van der Waals surface area contributed by atoms with Gasteiger partial charge in [-0.25, -0.2) is 4.98 Å². The van der Waals surface area contributed by atoms with E-state index in [1.54, 1.807) is 13.2 Å². The lowest BCUT2D eigenvalue weighted by Crippen LogP contribution is -1.99. The lowest BCUT2D eigenvalue weighted by Gasteiger charge is -2.06. The summed E-state index contributed by atoms with van der Waals surface area (Å²) in [5.74, 6) is 1.36. The average molecular weight is 240 g/mol. The average Bonchev–Trinajstić information content (AvgIpc) is 2.84. The van der Waals surface area contributed by atoms with Gasteiger partial charge in [0.15, 0.2) is 5.82 Å². The topological polar surface area (TPSA) is 67.1 Å². The molecule has 90 valence electrons. The van der Waals surface area contributed by atoms with Crippen molar-refractivity contribution in [3.8, 4) is 0 Å². The first-order valence-electron chi connectivity index (χ1n) is 5.58. The van der Waals surface area contributed by atoms with Crippen molar-refractivity contribution >= 4 is 23.1 Å². The van der Waals surface area contributed by atoms with Crippen molar-refractivity contribution in [2.24, 2.45) is 0 Å². The van der Waals surface area contributed by atoms with E-state index in [1.807, 2.05) is 40.9 Å². The Hall–Kier alpha value is -2.63. The number of para-hydroxylation sites is 1. The Morgan fingerprint density at radius 2 is 1.94 bits per heavy atom. The highest BCUT2D eigenvalue weighted by Gasteiger charge is 2.08. The Balaban J connectivity index is 2.05. The van der Waals surface area contributed by atoms with Crippen LogP contribution in [0.1, 0.15) is 0 Å². The monoisotopic (exact) mass is 240 g/mol. The Kier molecular flexibility index (Phi) is 2.53. The molecular weight excluding hydrogens is 228 g/mol. The van der Waals surface area contributed by atoms with Gasteiger partial charge in [-0.2, -0.15) is 0 Å². The molecule has 0 saturated heterocycles. The molecule has 6 nitrogen and oxygen atoms in total. The number of fused-ring (bicyclic) bond motifs is 1. The third-order valence-electron chi connectivity index (χ3n) is 2.59. The summed E-state index contributed by atoms with van der Waals surface area (Å²) < 4.78 is 1.85. The first kappa shape index (κ1) is 10.5. The van der Waals surface area contributed by atoms with Crippen molar-refractivity contribution in [1.29, 1.82) is 0 Å². The van der Waals surface area contributed by atoms with Crippen molar-refractivity contribution in [2.75, 3.05) is 17.7 Å². The smallest absolute Gasteiger partial charge is 0.228 e. The number of hydrogen-bond acceptors (Lipinski definition) is 5. The predicted molar refractivity (Wildman–Crippen MR) is 70.1 cm³/mol. The number of aromatic nitrogens is 4. The Bertz CT molecular complexity index is 661. The third kappa shape index (κ3) is 1.73. The largest absolute Gasteiger partial charge is 0.357 e. The minimum Gasteiger partial charge on any atom is -0.357 e. The van der Waals surface area contributed by atoms with E-state index in [-0.39, 0.29) is 0 Å². The molecule has 3 aromatic rings. The Morgan fingerprint density at radius 3 is 2.72 bits per heavy atom. The number of anilines is 3. The van der Waals surface area contributed by atoms with Crippen molar-refractivity contribution in [1.82, 2.24) is 19.6 Å². The molecule has 0 radical (unpaired) electrons. The van der Waals surface area contributed by atoms with E-state index in [9.17, 15) is 0 Å². The summed E-state index contributed by atoms with van der Waals surface area (Å²) in [6, 6.07) is 9.84. The van der Waals surface area contributed by atoms with E-state index in [4.69, 9.17) is 0 Å². The molecule has 0 amide bonds. The summed E-state index contributed by atoms with van der Waals surface area (Å²) in [6.45, 7) is 0. The maximum atomic E-state index is 4.29. The second-order valence-electron chi connectivity index (χ2n) is 3.73. The van der Waals surface area contributed by atoms with Crippen molar-refractivity contribution in [3.63, 3.8) is 0 Å². The quantitative estimate of drug-likeness (QED) is 0.732. The Morgan fingerprint density at radius 1 is 1.11 bits per heavy atom. The first-order valence-corrected chi connectivity index (χ1v) is 5.58. The van der Waals surface area contributed by atoms with Gasteiger partial charge in [-0.3, -0.25) is 4.40 Å². The summed E-state index contributed by atoms with van der Waals surface area (Å²) >= 11 is 0. The normalized spacial score (nSPS) is 10.5. The second kappa shape index (κ2) is 4.33. The van der Waals surface area contributed by atoms with Gasteiger partial charge in [0.2, 0.25) is 11.6 Å². The van der Waals surface area contributed by atoms with Gasteiger partial charge in [-0.05, 0) is 12.1 Å². The van der Waals surface area contributed by atoms with Crippen LogP contribution in [0.2, 0.25) is 0 Å². The first-order chi connectivity index (χ1) is 8.88. The zero-order chi connectivity index (χ0) is 12.4. The van der Waals surface area contributed by atoms with Gasteiger partial charge in [-0.15, -0.1) is 10.2 Å². The molecule has 3 rings (SSSR count). The highest BCUT2D eigenvalue weighted by molar-refractivity contribution is 5.70. The molecule has 18 heavy (non-hydrogen) atoms. The molecule has 0 fully saturated rings. The van der Waals surface area contributed by atoms with Crippen LogP contribution >= 0.6 is 0 Å². The van der Waals surface area contributed by atoms with Crippen molar-refractivity contribution in [2.45, 2.75) is 0 Å². The zero-order valence-corrected chi connectivity index (χ0v) is 9.83. The molecule has 0 aliphatic rings. The summed E-state index contributed by atoms with van der Waals surface area (Å²) in [4.78, 5) is 4.29. The van der Waals surface area contributed by atoms with Crippen LogP contribution in [0, 0.1) is 0 Å². The fourth-order valence-electron chi connectivity index (χ4n) is 1.74. The number of benzene rings is 1. The summed E-state index contributed by atoms with van der Waals surface area (Å²) in [6.07, 6.45) is 3.53. The lowest BCUT2D eigenvalue weighted by atomic mass is 10.3. The van der Waals surface area contributed by atoms with E-state index in [2.05, 4.69) is 25.8 Å². The van der Waals surface area contributed by atoms with Gasteiger partial charge in [0.25, 0.3) is 0 Å². The standard InChI is InChI=1S/C12H12N6/c1-13-12-17-16-11-10(14-7-8-18(11)12)15-9-5-3-2-4-6-9/h2-8H,1H3,(H,13,17)(H,14,15). The molecule has 0 aliphatic carbocycles. The van der Waals surface area contributed by atoms with E-state index in [0.29, 0.717) is 17.4 Å². The summed E-state index contributed by atoms with van der Waals surface area (Å²) in [5, 5.41) is 14.3.